The molecule has 1 amide bonds. The fraction of sp³-hybridized carbons (Fsp3) is 0.417. The molecule has 104 valence electrons. The van der Waals surface area contributed by atoms with Crippen molar-refractivity contribution in [3.8, 4) is 5.75 Å². The van der Waals surface area contributed by atoms with Gasteiger partial charge in [-0.1, -0.05) is 0 Å². The van der Waals surface area contributed by atoms with Crippen molar-refractivity contribution in [1.82, 2.24) is 4.90 Å². The van der Waals surface area contributed by atoms with Crippen molar-refractivity contribution in [2.45, 2.75) is 13.0 Å². The zero-order chi connectivity index (χ0) is 14.4. The number of carbonyl (C=O) groups is 1. The lowest BCUT2D eigenvalue weighted by molar-refractivity contribution is -0.384. The molecule has 0 heterocycles. The fourth-order valence-electron chi connectivity index (χ4n) is 1.45. The third-order valence-corrected chi connectivity index (χ3v) is 2.55. The molecule has 0 bridgehead atoms. The smallest absolute Gasteiger partial charge is 0.270 e. The highest BCUT2D eigenvalue weighted by molar-refractivity contribution is 5.75. The first-order chi connectivity index (χ1) is 8.95. The third-order valence-electron chi connectivity index (χ3n) is 2.55. The van der Waals surface area contributed by atoms with Gasteiger partial charge in [-0.3, -0.25) is 14.9 Å². The van der Waals surface area contributed by atoms with Crippen LogP contribution < -0.4 is 10.5 Å². The van der Waals surface area contributed by atoms with E-state index in [1.54, 1.807) is 14.1 Å². The predicted molar refractivity (Wildman–Crippen MR) is 69.8 cm³/mol. The summed E-state index contributed by atoms with van der Waals surface area (Å²) < 4.78 is 5.43. The van der Waals surface area contributed by atoms with Crippen LogP contribution in [-0.2, 0) is 11.3 Å². The van der Waals surface area contributed by atoms with E-state index in [2.05, 4.69) is 0 Å². The number of nitrogens with zero attached hydrogens (tertiary/aromatic N) is 2. The summed E-state index contributed by atoms with van der Waals surface area (Å²) in [5.74, 6) is 0.427. The Balaban J connectivity index is 2.68. The van der Waals surface area contributed by atoms with Crippen LogP contribution >= 0.6 is 0 Å². The number of hydrogen-bond acceptors (Lipinski definition) is 5. The quantitative estimate of drug-likeness (QED) is 0.610. The van der Waals surface area contributed by atoms with Gasteiger partial charge >= 0.3 is 0 Å². The number of nitrogens with two attached hydrogens (primary N) is 1. The summed E-state index contributed by atoms with van der Waals surface area (Å²) in [6.07, 6.45) is 0.244. The minimum Gasteiger partial charge on any atom is -0.493 e. The monoisotopic (exact) mass is 267 g/mol. The van der Waals surface area contributed by atoms with Gasteiger partial charge in [0.2, 0.25) is 5.91 Å². The lowest BCUT2D eigenvalue weighted by Gasteiger charge is -2.12. The SMILES string of the molecule is CN(C)C(=O)CCOc1ccc([N+](=O)[O-])cc1CN. The Kier molecular flexibility index (Phi) is 5.25. The van der Waals surface area contributed by atoms with Crippen LogP contribution in [0.1, 0.15) is 12.0 Å². The maximum absolute atomic E-state index is 11.4. The second-order valence-corrected chi connectivity index (χ2v) is 4.14. The van der Waals surface area contributed by atoms with Crippen molar-refractivity contribution in [1.29, 1.82) is 0 Å². The number of nitro groups is 1. The highest BCUT2D eigenvalue weighted by Crippen LogP contribution is 2.23. The summed E-state index contributed by atoms with van der Waals surface area (Å²) in [7, 11) is 3.33. The number of rotatable bonds is 6. The molecule has 7 nitrogen and oxygen atoms in total. The molecule has 1 aromatic rings. The molecule has 0 aromatic heterocycles. The van der Waals surface area contributed by atoms with E-state index in [9.17, 15) is 14.9 Å². The van der Waals surface area contributed by atoms with E-state index in [4.69, 9.17) is 10.5 Å². The number of carbonyl (C=O) groups excluding carboxylic acids is 1. The summed E-state index contributed by atoms with van der Waals surface area (Å²) in [4.78, 5) is 23.0. The Bertz CT molecular complexity index is 474. The van der Waals surface area contributed by atoms with Gasteiger partial charge in [-0.25, -0.2) is 0 Å². The molecule has 0 aliphatic rings. The van der Waals surface area contributed by atoms with E-state index in [1.165, 1.54) is 23.1 Å². The number of nitro benzene ring substituents is 1. The van der Waals surface area contributed by atoms with E-state index >= 15 is 0 Å². The molecule has 19 heavy (non-hydrogen) atoms. The first kappa shape index (κ1) is 14.9. The largest absolute Gasteiger partial charge is 0.493 e. The topological polar surface area (TPSA) is 98.7 Å². The lowest BCUT2D eigenvalue weighted by Crippen LogP contribution is -2.23. The Hall–Kier alpha value is -2.15. The molecule has 0 saturated carbocycles. The van der Waals surface area contributed by atoms with Crippen LogP contribution in [0.3, 0.4) is 0 Å². The van der Waals surface area contributed by atoms with Crippen LogP contribution in [0.2, 0.25) is 0 Å². The van der Waals surface area contributed by atoms with Crippen LogP contribution in [0.25, 0.3) is 0 Å². The summed E-state index contributed by atoms with van der Waals surface area (Å²) in [5, 5.41) is 10.6. The molecule has 2 N–H and O–H groups in total. The highest BCUT2D eigenvalue weighted by Gasteiger charge is 2.11. The molecule has 1 rings (SSSR count). The molecule has 0 spiro atoms. The molecule has 0 aliphatic heterocycles. The summed E-state index contributed by atoms with van der Waals surface area (Å²) in [6, 6.07) is 4.23. The maximum atomic E-state index is 11.4. The molecule has 0 atom stereocenters. The van der Waals surface area contributed by atoms with E-state index in [0.717, 1.165) is 0 Å². The molecule has 1 aromatic carbocycles. The number of amides is 1. The number of benzene rings is 1. The van der Waals surface area contributed by atoms with Gasteiger partial charge in [-0.15, -0.1) is 0 Å². The molecule has 0 aliphatic carbocycles. The Morgan fingerprint density at radius 3 is 2.68 bits per heavy atom. The van der Waals surface area contributed by atoms with Gasteiger partial charge in [0, 0.05) is 38.3 Å². The standard InChI is InChI=1S/C12H17N3O4/c1-14(2)12(16)5-6-19-11-4-3-10(15(17)18)7-9(11)8-13/h3-4,7H,5-6,8,13H2,1-2H3. The third kappa shape index (κ3) is 4.22. The van der Waals surface area contributed by atoms with Crippen molar-refractivity contribution < 1.29 is 14.5 Å². The van der Waals surface area contributed by atoms with Gasteiger partial charge in [0.05, 0.1) is 18.0 Å². The Labute approximate surface area is 111 Å². The average Bonchev–Trinajstić information content (AvgIpc) is 2.38. The van der Waals surface area contributed by atoms with Gasteiger partial charge in [0.25, 0.3) is 5.69 Å². The van der Waals surface area contributed by atoms with Crippen LogP contribution in [0.4, 0.5) is 5.69 Å². The van der Waals surface area contributed by atoms with Crippen molar-refractivity contribution in [3.05, 3.63) is 33.9 Å². The summed E-state index contributed by atoms with van der Waals surface area (Å²) in [6.45, 7) is 0.348. The Morgan fingerprint density at radius 1 is 1.47 bits per heavy atom. The van der Waals surface area contributed by atoms with E-state index in [1.807, 2.05) is 0 Å². The lowest BCUT2D eigenvalue weighted by atomic mass is 10.2. The molecular formula is C12H17N3O4. The second-order valence-electron chi connectivity index (χ2n) is 4.14. The maximum Gasteiger partial charge on any atom is 0.270 e. The molecule has 0 radical (unpaired) electrons. The summed E-state index contributed by atoms with van der Waals surface area (Å²) in [5.41, 5.74) is 6.04. The van der Waals surface area contributed by atoms with Gasteiger partial charge in [-0.2, -0.15) is 0 Å². The fourth-order valence-corrected chi connectivity index (χ4v) is 1.45. The van der Waals surface area contributed by atoms with Crippen LogP contribution in [0.15, 0.2) is 18.2 Å². The minimum absolute atomic E-state index is 0.0304. The molecular weight excluding hydrogens is 250 g/mol. The molecule has 7 heteroatoms. The zero-order valence-electron chi connectivity index (χ0n) is 11.0. The second kappa shape index (κ2) is 6.69. The van der Waals surface area contributed by atoms with Crippen molar-refractivity contribution in [2.75, 3.05) is 20.7 Å². The predicted octanol–water partition coefficient (Wildman–Crippen LogP) is 0.911. The summed E-state index contributed by atoms with van der Waals surface area (Å²) >= 11 is 0. The molecule has 0 unspecified atom stereocenters. The number of hydrogen-bond donors (Lipinski definition) is 1. The van der Waals surface area contributed by atoms with Crippen LogP contribution in [0, 0.1) is 10.1 Å². The van der Waals surface area contributed by atoms with Gasteiger partial charge in [-0.05, 0) is 6.07 Å². The van der Waals surface area contributed by atoms with Gasteiger partial charge in [0.1, 0.15) is 5.75 Å². The first-order valence-corrected chi connectivity index (χ1v) is 5.76. The number of non-ortho nitro benzene ring substituents is 1. The highest BCUT2D eigenvalue weighted by atomic mass is 16.6. The van der Waals surface area contributed by atoms with Gasteiger partial charge < -0.3 is 15.4 Å². The Morgan fingerprint density at radius 2 is 2.16 bits per heavy atom. The van der Waals surface area contributed by atoms with E-state index in [0.29, 0.717) is 11.3 Å². The van der Waals surface area contributed by atoms with Crippen LogP contribution in [-0.4, -0.2) is 36.4 Å². The first-order valence-electron chi connectivity index (χ1n) is 5.76. The molecule has 0 fully saturated rings. The van der Waals surface area contributed by atoms with E-state index < -0.39 is 4.92 Å². The van der Waals surface area contributed by atoms with Gasteiger partial charge in [0.15, 0.2) is 0 Å². The zero-order valence-corrected chi connectivity index (χ0v) is 11.0. The normalized spacial score (nSPS) is 10.1. The number of ether oxygens (including phenoxy) is 1. The van der Waals surface area contributed by atoms with Crippen molar-refractivity contribution in [3.63, 3.8) is 0 Å². The van der Waals surface area contributed by atoms with Crippen molar-refractivity contribution >= 4 is 11.6 Å². The minimum atomic E-state index is -0.488. The van der Waals surface area contributed by atoms with Crippen LogP contribution in [0.5, 0.6) is 5.75 Å². The van der Waals surface area contributed by atoms with Crippen molar-refractivity contribution in [2.24, 2.45) is 5.73 Å². The van der Waals surface area contributed by atoms with E-state index in [-0.39, 0.29) is 31.2 Å². The average molecular weight is 267 g/mol. The molecule has 0 saturated heterocycles.